The number of quaternary nitrogens is 1. The van der Waals surface area contributed by atoms with Gasteiger partial charge in [0.15, 0.2) is 6.10 Å². The number of carbonyl (C=O) groups is 3. The molecule has 0 heterocycles. The number of unbranched alkanes of at least 4 members (excludes halogenated alkanes) is 16. The molecule has 0 aromatic heterocycles. The third-order valence-electron chi connectivity index (χ3n) is 9.07. The van der Waals surface area contributed by atoms with Crippen molar-refractivity contribution in [1.29, 1.82) is 0 Å². The molecule has 0 aliphatic carbocycles. The fourth-order valence-electron chi connectivity index (χ4n) is 5.67. The van der Waals surface area contributed by atoms with Crippen LogP contribution in [0.4, 0.5) is 0 Å². The molecule has 0 aliphatic heterocycles. The summed E-state index contributed by atoms with van der Waals surface area (Å²) in [6.45, 7) is 4.71. The Bertz CT molecular complexity index is 1050. The number of hydrogen-bond acceptors (Lipinski definition) is 7. The number of hydrogen-bond donors (Lipinski definition) is 1. The van der Waals surface area contributed by atoms with Gasteiger partial charge in [0.2, 0.25) is 0 Å². The van der Waals surface area contributed by atoms with Crippen LogP contribution in [0.25, 0.3) is 0 Å². The molecule has 9 heteroatoms. The van der Waals surface area contributed by atoms with E-state index >= 15 is 0 Å². The molecule has 0 aromatic rings. The van der Waals surface area contributed by atoms with Crippen LogP contribution in [-0.2, 0) is 33.3 Å². The molecule has 0 amide bonds. The van der Waals surface area contributed by atoms with E-state index in [0.29, 0.717) is 17.4 Å². The summed E-state index contributed by atoms with van der Waals surface area (Å²) in [5.41, 5.74) is 0. The lowest BCUT2D eigenvalue weighted by Gasteiger charge is -2.25. The number of nitrogens with zero attached hydrogens (tertiary/aromatic N) is 1. The molecule has 0 aliphatic rings. The predicted octanol–water partition coefficient (Wildman–Crippen LogP) is 11.2. The van der Waals surface area contributed by atoms with Gasteiger partial charge in [-0.1, -0.05) is 133 Å². The molecule has 1 N–H and O–H groups in total. The smallest absolute Gasteiger partial charge is 0.361 e. The Balaban J connectivity index is 4.49. The van der Waals surface area contributed by atoms with Crippen LogP contribution in [-0.4, -0.2) is 87.4 Å². The summed E-state index contributed by atoms with van der Waals surface area (Å²) in [7, 11) is 5.94. The maximum absolute atomic E-state index is 12.7. The number of carboxylic acid groups (broad SMARTS) is 1. The highest BCUT2D eigenvalue weighted by Crippen LogP contribution is 2.13. The lowest BCUT2D eigenvalue weighted by atomic mass is 10.1. The first-order valence-electron chi connectivity index (χ1n) is 21.8. The second-order valence-electron chi connectivity index (χ2n) is 15.6. The first-order chi connectivity index (χ1) is 26.6. The minimum atomic E-state index is -1.51. The van der Waals surface area contributed by atoms with E-state index in [1.807, 2.05) is 21.1 Å². The molecule has 0 fully saturated rings. The summed E-state index contributed by atoms with van der Waals surface area (Å²) in [4.78, 5) is 37.0. The molecule has 55 heavy (non-hydrogen) atoms. The Labute approximate surface area is 336 Å². The minimum Gasteiger partial charge on any atom is -0.477 e. The quantitative estimate of drug-likeness (QED) is 0.0216. The van der Waals surface area contributed by atoms with Gasteiger partial charge < -0.3 is 28.5 Å². The average molecular weight is 777 g/mol. The predicted molar refractivity (Wildman–Crippen MR) is 226 cm³/mol. The zero-order valence-corrected chi connectivity index (χ0v) is 35.8. The van der Waals surface area contributed by atoms with Crippen LogP contribution < -0.4 is 0 Å². The van der Waals surface area contributed by atoms with Crippen molar-refractivity contribution in [2.24, 2.45) is 0 Å². The Kier molecular flexibility index (Phi) is 36.2. The third kappa shape index (κ3) is 39.3. The number of carbonyl (C=O) groups excluding carboxylic acids is 2. The fraction of sp³-hybridized carbons (Fsp3) is 0.761. The minimum absolute atomic E-state index is 0.183. The van der Waals surface area contributed by atoms with Crippen LogP contribution in [0.5, 0.6) is 0 Å². The maximum Gasteiger partial charge on any atom is 0.361 e. The highest BCUT2D eigenvalue weighted by atomic mass is 16.7. The number of carboxylic acids is 1. The number of likely N-dealkylation sites (N-methyl/N-ethyl adjacent to an activating group) is 1. The van der Waals surface area contributed by atoms with E-state index < -0.39 is 24.3 Å². The average Bonchev–Trinajstić information content (AvgIpc) is 3.14. The summed E-state index contributed by atoms with van der Waals surface area (Å²) >= 11 is 0. The number of aliphatic carboxylic acids is 1. The number of ether oxygens (including phenoxy) is 4. The first kappa shape index (κ1) is 52.2. The van der Waals surface area contributed by atoms with Gasteiger partial charge in [0.1, 0.15) is 13.2 Å². The summed E-state index contributed by atoms with van der Waals surface area (Å²) < 4.78 is 22.7. The van der Waals surface area contributed by atoms with E-state index in [-0.39, 0.29) is 38.6 Å². The Morgan fingerprint density at radius 3 is 1.56 bits per heavy atom. The lowest BCUT2D eigenvalue weighted by Crippen LogP contribution is -2.40. The summed E-state index contributed by atoms with van der Waals surface area (Å²) in [6, 6.07) is 0. The molecule has 0 saturated heterocycles. The number of esters is 2. The highest BCUT2D eigenvalue weighted by Gasteiger charge is 2.25. The van der Waals surface area contributed by atoms with Crippen LogP contribution in [0.1, 0.15) is 168 Å². The van der Waals surface area contributed by atoms with E-state index in [9.17, 15) is 19.5 Å². The van der Waals surface area contributed by atoms with Crippen molar-refractivity contribution >= 4 is 17.9 Å². The zero-order chi connectivity index (χ0) is 40.7. The van der Waals surface area contributed by atoms with Crippen LogP contribution in [0.15, 0.2) is 48.6 Å². The van der Waals surface area contributed by atoms with Crippen molar-refractivity contribution in [2.75, 3.05) is 47.5 Å². The second kappa shape index (κ2) is 38.1. The van der Waals surface area contributed by atoms with Crippen molar-refractivity contribution in [3.05, 3.63) is 48.6 Å². The summed E-state index contributed by atoms with van der Waals surface area (Å²) in [5.74, 6) is -2.04. The van der Waals surface area contributed by atoms with Gasteiger partial charge in [-0.2, -0.15) is 0 Å². The SMILES string of the molecule is CC/C=C\C/C=C\C/C=C\CCCCCCCCCC(=O)OC(COC(=O)CCCCCCC/C=C\CCCCCC)COC(OCC[N+](C)(C)C)C(=O)O. The topological polar surface area (TPSA) is 108 Å². The molecule has 0 aromatic carbocycles. The Morgan fingerprint density at radius 2 is 1.04 bits per heavy atom. The van der Waals surface area contributed by atoms with Crippen molar-refractivity contribution in [1.82, 2.24) is 0 Å². The van der Waals surface area contributed by atoms with Gasteiger partial charge in [0.05, 0.1) is 34.4 Å². The maximum atomic E-state index is 12.7. The van der Waals surface area contributed by atoms with Gasteiger partial charge in [0.25, 0.3) is 6.29 Å². The highest BCUT2D eigenvalue weighted by molar-refractivity contribution is 5.71. The molecule has 318 valence electrons. The summed E-state index contributed by atoms with van der Waals surface area (Å²) in [5, 5.41) is 9.62. The molecule has 0 saturated carbocycles. The largest absolute Gasteiger partial charge is 0.477 e. The molecular weight excluding hydrogens is 695 g/mol. The van der Waals surface area contributed by atoms with Gasteiger partial charge in [-0.15, -0.1) is 0 Å². The van der Waals surface area contributed by atoms with E-state index in [1.165, 1.54) is 51.4 Å². The van der Waals surface area contributed by atoms with Crippen LogP contribution in [0.3, 0.4) is 0 Å². The number of allylic oxidation sites excluding steroid dienone is 8. The van der Waals surface area contributed by atoms with Crippen molar-refractivity contribution in [3.63, 3.8) is 0 Å². The van der Waals surface area contributed by atoms with Crippen LogP contribution in [0, 0.1) is 0 Å². The molecule has 9 nitrogen and oxygen atoms in total. The molecule has 2 unspecified atom stereocenters. The molecule has 0 bridgehead atoms. The molecule has 0 radical (unpaired) electrons. The molecule has 2 atom stereocenters. The van der Waals surface area contributed by atoms with E-state index in [2.05, 4.69) is 62.5 Å². The zero-order valence-electron chi connectivity index (χ0n) is 35.8. The first-order valence-corrected chi connectivity index (χ1v) is 21.8. The molecular formula is C46H82NO8+. The van der Waals surface area contributed by atoms with Gasteiger partial charge in [-0.25, -0.2) is 4.79 Å². The van der Waals surface area contributed by atoms with Crippen molar-refractivity contribution in [3.8, 4) is 0 Å². The monoisotopic (exact) mass is 777 g/mol. The van der Waals surface area contributed by atoms with E-state index in [0.717, 1.165) is 83.5 Å². The van der Waals surface area contributed by atoms with Crippen molar-refractivity contribution < 1.29 is 42.9 Å². The molecule has 0 rings (SSSR count). The van der Waals surface area contributed by atoms with Gasteiger partial charge in [-0.3, -0.25) is 9.59 Å². The van der Waals surface area contributed by atoms with Crippen LogP contribution >= 0.6 is 0 Å². The van der Waals surface area contributed by atoms with Gasteiger partial charge in [0, 0.05) is 12.8 Å². The molecule has 0 spiro atoms. The number of rotatable bonds is 39. The Morgan fingerprint density at radius 1 is 0.564 bits per heavy atom. The second-order valence-corrected chi connectivity index (χ2v) is 15.6. The fourth-order valence-corrected chi connectivity index (χ4v) is 5.67. The van der Waals surface area contributed by atoms with Crippen LogP contribution in [0.2, 0.25) is 0 Å². The third-order valence-corrected chi connectivity index (χ3v) is 9.07. The van der Waals surface area contributed by atoms with E-state index in [1.54, 1.807) is 0 Å². The summed E-state index contributed by atoms with van der Waals surface area (Å²) in [6.07, 6.45) is 40.2. The standard InChI is InChI=1S/C46H81NO8/c1-6-8-10-12-14-16-18-20-21-22-23-25-27-29-31-33-35-37-44(49)55-42(41-54-46(45(50)51)52-39-38-47(3,4)5)40-53-43(48)36-34-32-30-28-26-24-19-17-15-13-11-9-7-2/h8,10,14,16-17,19-21,42,46H,6-7,9,11-13,15,18,22-41H2,1-5H3/p+1/b10-8-,16-14-,19-17-,21-20-. The lowest BCUT2D eigenvalue weighted by molar-refractivity contribution is -0.870. The Hall–Kier alpha value is -2.75. The normalized spacial score (nSPS) is 13.4. The van der Waals surface area contributed by atoms with Gasteiger partial charge in [-0.05, 0) is 70.6 Å². The van der Waals surface area contributed by atoms with E-state index in [4.69, 9.17) is 18.9 Å². The van der Waals surface area contributed by atoms with Gasteiger partial charge >= 0.3 is 17.9 Å². The van der Waals surface area contributed by atoms with Crippen molar-refractivity contribution in [2.45, 2.75) is 180 Å².